The normalized spacial score (nSPS) is 10.3. The molecule has 2 aromatic rings. The van der Waals surface area contributed by atoms with Crippen molar-refractivity contribution >= 4 is 17.3 Å². The monoisotopic (exact) mass is 262 g/mol. The molecule has 0 aliphatic rings. The molecular weight excluding hydrogens is 250 g/mol. The summed E-state index contributed by atoms with van der Waals surface area (Å²) in [5, 5.41) is 0. The third kappa shape index (κ3) is 2.70. The third-order valence-corrected chi connectivity index (χ3v) is 2.72. The molecule has 1 amide bonds. The Hall–Kier alpha value is -2.43. The van der Waals surface area contributed by atoms with Gasteiger partial charge in [0, 0.05) is 24.5 Å². The van der Waals surface area contributed by atoms with Crippen LogP contribution in [0, 0.1) is 11.6 Å². The second kappa shape index (κ2) is 5.06. The number of halogens is 2. The van der Waals surface area contributed by atoms with Crippen LogP contribution in [0.4, 0.5) is 20.2 Å². The zero-order valence-corrected chi connectivity index (χ0v) is 10.2. The first kappa shape index (κ1) is 13.0. The van der Waals surface area contributed by atoms with E-state index < -0.39 is 17.5 Å². The molecule has 98 valence electrons. The molecule has 0 fully saturated rings. The summed E-state index contributed by atoms with van der Waals surface area (Å²) in [5.41, 5.74) is 6.47. The summed E-state index contributed by atoms with van der Waals surface area (Å²) in [5.74, 6) is -2.18. The van der Waals surface area contributed by atoms with Crippen molar-refractivity contribution in [3.63, 3.8) is 0 Å². The molecule has 0 aliphatic carbocycles. The minimum atomic E-state index is -0.888. The Labute approximate surface area is 109 Å². The van der Waals surface area contributed by atoms with Crippen molar-refractivity contribution in [2.45, 2.75) is 0 Å². The molecule has 0 aliphatic heterocycles. The van der Waals surface area contributed by atoms with Crippen LogP contribution in [0.25, 0.3) is 0 Å². The highest BCUT2D eigenvalue weighted by Crippen LogP contribution is 2.19. The number of hydrogen-bond acceptors (Lipinski definition) is 2. The predicted molar refractivity (Wildman–Crippen MR) is 69.9 cm³/mol. The molecule has 5 heteroatoms. The number of hydrogen-bond donors (Lipinski definition) is 1. The number of rotatable bonds is 2. The van der Waals surface area contributed by atoms with Gasteiger partial charge in [-0.05, 0) is 30.3 Å². The van der Waals surface area contributed by atoms with Crippen molar-refractivity contribution in [3.8, 4) is 0 Å². The smallest absolute Gasteiger partial charge is 0.260 e. The van der Waals surface area contributed by atoms with Crippen molar-refractivity contribution in [1.29, 1.82) is 0 Å². The summed E-state index contributed by atoms with van der Waals surface area (Å²) in [4.78, 5) is 13.4. The summed E-state index contributed by atoms with van der Waals surface area (Å²) in [6.45, 7) is 0. The van der Waals surface area contributed by atoms with Gasteiger partial charge in [0.2, 0.25) is 0 Å². The molecule has 0 unspecified atom stereocenters. The second-order valence-corrected chi connectivity index (χ2v) is 4.08. The minimum Gasteiger partial charge on any atom is -0.399 e. The van der Waals surface area contributed by atoms with Gasteiger partial charge >= 0.3 is 0 Å². The van der Waals surface area contributed by atoms with E-state index in [0.717, 1.165) is 12.1 Å². The first-order chi connectivity index (χ1) is 8.99. The van der Waals surface area contributed by atoms with Crippen LogP contribution < -0.4 is 10.6 Å². The van der Waals surface area contributed by atoms with Crippen LogP contribution in [-0.2, 0) is 0 Å². The van der Waals surface area contributed by atoms with Gasteiger partial charge in [-0.1, -0.05) is 6.07 Å². The van der Waals surface area contributed by atoms with E-state index >= 15 is 0 Å². The van der Waals surface area contributed by atoms with Crippen LogP contribution in [0.5, 0.6) is 0 Å². The molecule has 0 spiro atoms. The topological polar surface area (TPSA) is 46.3 Å². The second-order valence-electron chi connectivity index (χ2n) is 4.08. The van der Waals surface area contributed by atoms with Crippen molar-refractivity contribution in [2.24, 2.45) is 0 Å². The number of carbonyl (C=O) groups excluding carboxylic acids is 1. The number of anilines is 2. The molecule has 0 atom stereocenters. The highest BCUT2D eigenvalue weighted by atomic mass is 19.1. The van der Waals surface area contributed by atoms with Crippen LogP contribution in [0.3, 0.4) is 0 Å². The highest BCUT2D eigenvalue weighted by Gasteiger charge is 2.18. The molecule has 0 heterocycles. The maximum atomic E-state index is 13.5. The van der Waals surface area contributed by atoms with Crippen LogP contribution in [0.15, 0.2) is 42.5 Å². The summed E-state index contributed by atoms with van der Waals surface area (Å²) in [6, 6.07) is 9.49. The fourth-order valence-corrected chi connectivity index (χ4v) is 1.69. The Balaban J connectivity index is 2.33. The van der Waals surface area contributed by atoms with Gasteiger partial charge in [0.25, 0.3) is 5.91 Å². The number of carbonyl (C=O) groups is 1. The summed E-state index contributed by atoms with van der Waals surface area (Å²) in [7, 11) is 1.50. The van der Waals surface area contributed by atoms with Crippen molar-refractivity contribution in [1.82, 2.24) is 0 Å². The molecule has 0 aromatic heterocycles. The number of amides is 1. The van der Waals surface area contributed by atoms with E-state index in [1.54, 1.807) is 24.3 Å². The van der Waals surface area contributed by atoms with Crippen molar-refractivity contribution in [3.05, 3.63) is 59.7 Å². The van der Waals surface area contributed by atoms with E-state index in [2.05, 4.69) is 0 Å². The van der Waals surface area contributed by atoms with Gasteiger partial charge in [0.15, 0.2) is 0 Å². The lowest BCUT2D eigenvalue weighted by molar-refractivity contribution is 0.0989. The molecule has 0 bridgehead atoms. The molecule has 2 N–H and O–H groups in total. The minimum absolute atomic E-state index is 0.189. The molecule has 19 heavy (non-hydrogen) atoms. The molecule has 2 aromatic carbocycles. The van der Waals surface area contributed by atoms with Gasteiger partial charge in [-0.25, -0.2) is 8.78 Å². The Morgan fingerprint density at radius 1 is 1.16 bits per heavy atom. The maximum Gasteiger partial charge on any atom is 0.260 e. The lowest BCUT2D eigenvalue weighted by Crippen LogP contribution is -2.27. The van der Waals surface area contributed by atoms with Crippen LogP contribution in [0.1, 0.15) is 10.4 Å². The Kier molecular flexibility index (Phi) is 3.46. The third-order valence-electron chi connectivity index (χ3n) is 2.72. The first-order valence-electron chi connectivity index (χ1n) is 5.57. The largest absolute Gasteiger partial charge is 0.399 e. The number of benzene rings is 2. The van der Waals surface area contributed by atoms with Crippen molar-refractivity contribution in [2.75, 3.05) is 17.7 Å². The summed E-state index contributed by atoms with van der Waals surface area (Å²) < 4.78 is 26.4. The first-order valence-corrected chi connectivity index (χ1v) is 5.57. The zero-order chi connectivity index (χ0) is 14.0. The molecule has 0 saturated heterocycles. The van der Waals surface area contributed by atoms with Gasteiger partial charge in [-0.2, -0.15) is 0 Å². The van der Waals surface area contributed by atoms with Gasteiger partial charge in [0.1, 0.15) is 11.6 Å². The Morgan fingerprint density at radius 2 is 1.89 bits per heavy atom. The fraction of sp³-hybridized carbons (Fsp3) is 0.0714. The molecule has 3 nitrogen and oxygen atoms in total. The quantitative estimate of drug-likeness (QED) is 0.846. The van der Waals surface area contributed by atoms with Crippen molar-refractivity contribution < 1.29 is 13.6 Å². The predicted octanol–water partition coefficient (Wildman–Crippen LogP) is 2.82. The number of nitrogens with zero attached hydrogens (tertiary/aromatic N) is 1. The SMILES string of the molecule is CN(C(=O)c1ccc(F)cc1F)c1cccc(N)c1. The lowest BCUT2D eigenvalue weighted by atomic mass is 10.1. The average molecular weight is 262 g/mol. The highest BCUT2D eigenvalue weighted by molar-refractivity contribution is 6.06. The average Bonchev–Trinajstić information content (AvgIpc) is 2.37. The van der Waals surface area contributed by atoms with Crippen LogP contribution >= 0.6 is 0 Å². The van der Waals surface area contributed by atoms with E-state index in [9.17, 15) is 13.6 Å². The van der Waals surface area contributed by atoms with Gasteiger partial charge in [-0.3, -0.25) is 4.79 Å². The Bertz CT molecular complexity index is 629. The fourth-order valence-electron chi connectivity index (χ4n) is 1.69. The van der Waals surface area contributed by atoms with Gasteiger partial charge in [-0.15, -0.1) is 0 Å². The molecule has 0 radical (unpaired) electrons. The van der Waals surface area contributed by atoms with E-state index in [-0.39, 0.29) is 5.56 Å². The standard InChI is InChI=1S/C14H12F2N2O/c1-18(11-4-2-3-10(17)8-11)14(19)12-6-5-9(15)7-13(12)16/h2-8H,17H2,1H3. The van der Waals surface area contributed by atoms with Crippen LogP contribution in [0.2, 0.25) is 0 Å². The van der Waals surface area contributed by atoms with E-state index in [1.807, 2.05) is 0 Å². The summed E-state index contributed by atoms with van der Waals surface area (Å²) in [6.07, 6.45) is 0. The number of nitrogens with two attached hydrogens (primary N) is 1. The Morgan fingerprint density at radius 3 is 2.53 bits per heavy atom. The lowest BCUT2D eigenvalue weighted by Gasteiger charge is -2.18. The summed E-state index contributed by atoms with van der Waals surface area (Å²) >= 11 is 0. The molecule has 0 saturated carbocycles. The maximum absolute atomic E-state index is 13.5. The van der Waals surface area contributed by atoms with E-state index in [0.29, 0.717) is 17.4 Å². The van der Waals surface area contributed by atoms with E-state index in [4.69, 9.17) is 5.73 Å². The van der Waals surface area contributed by atoms with E-state index in [1.165, 1.54) is 11.9 Å². The van der Waals surface area contributed by atoms with Gasteiger partial charge < -0.3 is 10.6 Å². The number of nitrogen functional groups attached to an aromatic ring is 1. The molecule has 2 rings (SSSR count). The van der Waals surface area contributed by atoms with Gasteiger partial charge in [0.05, 0.1) is 5.56 Å². The molecular formula is C14H12F2N2O. The van der Waals surface area contributed by atoms with Crippen LogP contribution in [-0.4, -0.2) is 13.0 Å². The zero-order valence-electron chi connectivity index (χ0n) is 10.2.